The van der Waals surface area contributed by atoms with Crippen LogP contribution in [-0.4, -0.2) is 99.7 Å². The number of amides is 3. The zero-order valence-electron chi connectivity index (χ0n) is 34.2. The number of carbonyl (C=O) groups is 3. The third-order valence-corrected chi connectivity index (χ3v) is 16.3. The van der Waals surface area contributed by atoms with E-state index in [0.29, 0.717) is 35.1 Å². The maximum absolute atomic E-state index is 14.9. The van der Waals surface area contributed by atoms with E-state index in [4.69, 9.17) is 21.1 Å². The lowest BCUT2D eigenvalue weighted by Crippen LogP contribution is -2.63. The monoisotopic (exact) mass is 878 g/mol. The predicted octanol–water partition coefficient (Wildman–Crippen LogP) is 4.09. The number of hydrogen-bond acceptors (Lipinski definition) is 11. The summed E-state index contributed by atoms with van der Waals surface area (Å²) in [4.78, 5) is 62.3. The Hall–Kier alpha value is -3.87. The minimum atomic E-state index is -4.24. The first-order chi connectivity index (χ1) is 28.1. The van der Waals surface area contributed by atoms with Gasteiger partial charge in [-0.3, -0.25) is 29.0 Å². The molecule has 1 aromatic carbocycles. The Morgan fingerprint density at radius 2 is 1.83 bits per heavy atom. The number of aliphatic hydroxyl groups excluding tert-OH is 1. The van der Waals surface area contributed by atoms with Gasteiger partial charge in [-0.2, -0.15) is 4.98 Å². The molecule has 2 bridgehead atoms. The van der Waals surface area contributed by atoms with Gasteiger partial charge in [-0.25, -0.2) is 22.0 Å². The lowest BCUT2D eigenvalue weighted by molar-refractivity contribution is -0.141. The number of nitrogens with zero attached hydrogens (tertiary/aromatic N) is 3. The molecule has 0 spiro atoms. The number of nitrogens with one attached hydrogen (secondary N) is 3. The van der Waals surface area contributed by atoms with Crippen molar-refractivity contribution in [1.29, 1.82) is 0 Å². The maximum Gasteiger partial charge on any atom is 0.408 e. The fourth-order valence-electron chi connectivity index (χ4n) is 9.64. The number of halogens is 3. The second-order valence-electron chi connectivity index (χ2n) is 19.1. The Balaban J connectivity index is 1.17. The summed E-state index contributed by atoms with van der Waals surface area (Å²) in [6.45, 7) is 8.20. The van der Waals surface area contributed by atoms with Gasteiger partial charge in [0, 0.05) is 23.4 Å². The van der Waals surface area contributed by atoms with Crippen molar-refractivity contribution in [2.75, 3.05) is 6.54 Å². The molecule has 1 saturated heterocycles. The summed E-state index contributed by atoms with van der Waals surface area (Å²) in [5, 5.41) is 18.2. The SMILES string of the molecule is C[C@@H]1[C@@H]2CN(C(=O)[C@H](C(C)(C)C)NC(=O)O[C@@H]3C[C@@H]4C[C@@H]4[C@H]3CCC=CCn3c(nc4cc(Cl)ccc4c3=O)O2)[C@@H]1C(O)N[C@]1(C(=O)NS(=O)(=O)C2(C)CC2)C[C@H]1C(F)F. The second kappa shape index (κ2) is 15.2. The van der Waals surface area contributed by atoms with Crippen LogP contribution in [0.5, 0.6) is 6.01 Å². The van der Waals surface area contributed by atoms with Crippen molar-refractivity contribution in [3.05, 3.63) is 45.7 Å². The Kier molecular flexibility index (Phi) is 10.8. The number of hydrogen-bond donors (Lipinski definition) is 4. The minimum Gasteiger partial charge on any atom is -0.459 e. The minimum absolute atomic E-state index is 0.0802. The molecule has 3 heterocycles. The van der Waals surface area contributed by atoms with Gasteiger partial charge < -0.3 is 24.8 Å². The highest BCUT2D eigenvalue weighted by molar-refractivity contribution is 7.91. The maximum atomic E-state index is 14.9. The number of aliphatic hydroxyl groups is 1. The molecule has 4 N–H and O–H groups in total. The summed E-state index contributed by atoms with van der Waals surface area (Å²) in [6.07, 6.45) is 0.0201. The molecular weight excluding hydrogens is 826 g/mol. The summed E-state index contributed by atoms with van der Waals surface area (Å²) < 4.78 is 69.6. The number of carbonyl (C=O) groups excluding carboxylic acids is 3. The summed E-state index contributed by atoms with van der Waals surface area (Å²) in [5.74, 6) is -3.38. The number of sulfonamides is 1. The van der Waals surface area contributed by atoms with Crippen molar-refractivity contribution in [3.63, 3.8) is 0 Å². The van der Waals surface area contributed by atoms with Gasteiger partial charge in [0.15, 0.2) is 0 Å². The molecule has 19 heteroatoms. The number of aromatic nitrogens is 2. The van der Waals surface area contributed by atoms with Crippen LogP contribution in [0.3, 0.4) is 0 Å². The number of fused-ring (bicyclic) bond motifs is 7. The van der Waals surface area contributed by atoms with E-state index in [2.05, 4.69) is 15.6 Å². The Morgan fingerprint density at radius 3 is 2.50 bits per heavy atom. The van der Waals surface area contributed by atoms with Crippen LogP contribution in [0.4, 0.5) is 13.6 Å². The Labute approximate surface area is 352 Å². The highest BCUT2D eigenvalue weighted by Gasteiger charge is 2.67. The van der Waals surface area contributed by atoms with Crippen molar-refractivity contribution in [2.45, 2.75) is 133 Å². The van der Waals surface area contributed by atoms with E-state index in [1.165, 1.54) is 22.5 Å². The van der Waals surface area contributed by atoms with E-state index >= 15 is 0 Å². The third kappa shape index (κ3) is 7.78. The van der Waals surface area contributed by atoms with Crippen LogP contribution in [0.1, 0.15) is 79.6 Å². The van der Waals surface area contributed by atoms with E-state index in [1.54, 1.807) is 39.8 Å². The first-order valence-electron chi connectivity index (χ1n) is 20.7. The molecule has 4 aliphatic carbocycles. The molecular formula is C41H53ClF2N6O9S. The largest absolute Gasteiger partial charge is 0.459 e. The number of ether oxygens (including phenoxy) is 2. The molecule has 15 nitrogen and oxygen atoms in total. The molecule has 4 saturated carbocycles. The molecule has 3 amide bonds. The number of alkyl halides is 2. The van der Waals surface area contributed by atoms with Gasteiger partial charge in [0.25, 0.3) is 17.5 Å². The van der Waals surface area contributed by atoms with Gasteiger partial charge >= 0.3 is 6.09 Å². The topological polar surface area (TPSA) is 198 Å². The number of rotatable bonds is 7. The fourth-order valence-corrected chi connectivity index (χ4v) is 11.1. The number of alkyl carbamates (subject to hydrolysis) is 1. The first kappa shape index (κ1) is 42.8. The van der Waals surface area contributed by atoms with Crippen molar-refractivity contribution in [2.24, 2.45) is 35.0 Å². The molecule has 6 aliphatic rings. The third-order valence-electron chi connectivity index (χ3n) is 13.9. The van der Waals surface area contributed by atoms with Crippen molar-refractivity contribution in [1.82, 2.24) is 29.8 Å². The summed E-state index contributed by atoms with van der Waals surface area (Å²) in [6, 6.07) is 2.08. The molecule has 2 aromatic rings. The molecule has 1 aromatic heterocycles. The smallest absolute Gasteiger partial charge is 0.408 e. The van der Waals surface area contributed by atoms with Crippen molar-refractivity contribution in [3.8, 4) is 6.01 Å². The zero-order chi connectivity index (χ0) is 43.3. The number of allylic oxidation sites excluding steroid dienone is 2. The molecule has 11 atom stereocenters. The van der Waals surface area contributed by atoms with Crippen LogP contribution >= 0.6 is 11.6 Å². The van der Waals surface area contributed by atoms with Gasteiger partial charge in [-0.1, -0.05) is 51.4 Å². The highest BCUT2D eigenvalue weighted by Crippen LogP contribution is 2.58. The van der Waals surface area contributed by atoms with Crippen LogP contribution in [0, 0.1) is 35.0 Å². The van der Waals surface area contributed by atoms with Gasteiger partial charge in [-0.15, -0.1) is 0 Å². The molecule has 2 aliphatic heterocycles. The number of benzene rings is 1. The molecule has 60 heavy (non-hydrogen) atoms. The lowest BCUT2D eigenvalue weighted by Gasteiger charge is -2.38. The Morgan fingerprint density at radius 1 is 1.10 bits per heavy atom. The molecule has 328 valence electrons. The van der Waals surface area contributed by atoms with Gasteiger partial charge in [-0.05, 0) is 93.2 Å². The lowest BCUT2D eigenvalue weighted by atomic mass is 9.85. The summed E-state index contributed by atoms with van der Waals surface area (Å²) in [5.41, 5.74) is -3.26. The fraction of sp³-hybridized carbons (Fsp3) is 0.683. The van der Waals surface area contributed by atoms with E-state index in [-0.39, 0.29) is 49.5 Å². The average Bonchev–Trinajstić information content (AvgIpc) is 4.11. The zero-order valence-corrected chi connectivity index (χ0v) is 35.8. The quantitative estimate of drug-likeness (QED) is 0.231. The molecule has 5 fully saturated rings. The van der Waals surface area contributed by atoms with Crippen LogP contribution in [0.25, 0.3) is 10.9 Å². The van der Waals surface area contributed by atoms with E-state index in [1.807, 2.05) is 16.9 Å². The van der Waals surface area contributed by atoms with Crippen LogP contribution in [-0.2, 0) is 30.9 Å². The van der Waals surface area contributed by atoms with E-state index in [0.717, 1.165) is 12.8 Å². The van der Waals surface area contributed by atoms with Crippen LogP contribution in [0.2, 0.25) is 5.02 Å². The summed E-state index contributed by atoms with van der Waals surface area (Å²) >= 11 is 6.30. The highest BCUT2D eigenvalue weighted by atomic mass is 35.5. The van der Waals surface area contributed by atoms with Crippen molar-refractivity contribution >= 4 is 50.4 Å². The van der Waals surface area contributed by atoms with Gasteiger partial charge in [0.1, 0.15) is 30.0 Å². The van der Waals surface area contributed by atoms with E-state index in [9.17, 15) is 41.5 Å². The van der Waals surface area contributed by atoms with Crippen molar-refractivity contribution < 1.29 is 46.2 Å². The predicted molar refractivity (Wildman–Crippen MR) is 216 cm³/mol. The van der Waals surface area contributed by atoms with Gasteiger partial charge in [0.2, 0.25) is 22.4 Å². The van der Waals surface area contributed by atoms with E-state index < -0.39 is 98.3 Å². The second-order valence-corrected chi connectivity index (χ2v) is 21.7. The van der Waals surface area contributed by atoms with Gasteiger partial charge in [0.05, 0.1) is 28.2 Å². The van der Waals surface area contributed by atoms with Crippen LogP contribution in [0.15, 0.2) is 35.1 Å². The molecule has 8 rings (SSSR count). The first-order valence-corrected chi connectivity index (χ1v) is 22.6. The average molecular weight is 879 g/mol. The summed E-state index contributed by atoms with van der Waals surface area (Å²) in [7, 11) is -4.24. The van der Waals surface area contributed by atoms with Crippen LogP contribution < -0.4 is 25.7 Å². The molecule has 0 radical (unpaired) electrons. The molecule has 1 unspecified atom stereocenters. The Bertz CT molecular complexity index is 2280. The standard InChI is InChI=1S/C41H53ClF2N6O9S/c1-20-29-19-50(30(20)33(51)47-41(18-26(41)32(43)44)36(54)48-60(56,57)40(5)12-13-40)35(53)31(39(2,3)4)46-38(55)59-28-16-21-15-25(21)23(28)9-7-6-8-14-49-34(52)24-11-10-22(42)17-27(24)45-37(49)58-29/h6,8,10-11,17,20-21,23,25-26,28-33,47,51H,7,9,12-16,18-19H2,1-5H3,(H,46,55)(H,48,54)/t20-,21+,23-,25+,26+,28-,29+,30+,31-,33?,41-/m1/s1. The normalized spacial score (nSPS) is 34.3.